The van der Waals surface area contributed by atoms with E-state index in [0.717, 1.165) is 66.8 Å². The van der Waals surface area contributed by atoms with E-state index in [2.05, 4.69) is 25.5 Å². The van der Waals surface area contributed by atoms with Crippen LogP contribution in [0.5, 0.6) is 23.1 Å². The number of nitrogens with zero attached hydrogens (tertiary/aromatic N) is 4. The molecule has 1 aliphatic heterocycles. The molecule has 33 heavy (non-hydrogen) atoms. The molecule has 0 N–H and O–H groups in total. The number of aryl methyl sites for hydroxylation is 1. The van der Waals surface area contributed by atoms with Gasteiger partial charge in [0.1, 0.15) is 12.1 Å². The number of benzene rings is 2. The minimum absolute atomic E-state index is 0.479. The zero-order chi connectivity index (χ0) is 22.6. The van der Waals surface area contributed by atoms with E-state index < -0.39 is 0 Å². The van der Waals surface area contributed by atoms with Crippen molar-refractivity contribution in [3.63, 3.8) is 0 Å². The third-order valence-electron chi connectivity index (χ3n) is 5.94. The van der Waals surface area contributed by atoms with E-state index in [1.807, 2.05) is 43.6 Å². The van der Waals surface area contributed by atoms with Crippen molar-refractivity contribution in [1.29, 1.82) is 0 Å². The number of aromatic nitrogens is 3. The van der Waals surface area contributed by atoms with Crippen LogP contribution in [0.4, 0.5) is 0 Å². The van der Waals surface area contributed by atoms with Crippen LogP contribution in [0.3, 0.4) is 0 Å². The summed E-state index contributed by atoms with van der Waals surface area (Å²) in [5, 5.41) is 1.88. The summed E-state index contributed by atoms with van der Waals surface area (Å²) < 4.78 is 25.3. The summed E-state index contributed by atoms with van der Waals surface area (Å²) in [5.41, 5.74) is 1.89. The summed E-state index contributed by atoms with van der Waals surface area (Å²) in [6, 6.07) is 11.8. The van der Waals surface area contributed by atoms with Crippen LogP contribution in [0, 0.1) is 0 Å². The molecule has 3 heterocycles. The maximum absolute atomic E-state index is 6.14. The summed E-state index contributed by atoms with van der Waals surface area (Å²) in [6.45, 7) is 5.17. The van der Waals surface area contributed by atoms with Crippen molar-refractivity contribution >= 4 is 21.8 Å². The van der Waals surface area contributed by atoms with Crippen LogP contribution < -0.4 is 14.2 Å². The van der Waals surface area contributed by atoms with Crippen molar-refractivity contribution in [2.45, 2.75) is 6.42 Å². The van der Waals surface area contributed by atoms with Crippen LogP contribution in [0.25, 0.3) is 21.8 Å². The van der Waals surface area contributed by atoms with Crippen LogP contribution in [-0.2, 0) is 11.8 Å². The second kappa shape index (κ2) is 9.64. The Morgan fingerprint density at radius 2 is 1.91 bits per heavy atom. The van der Waals surface area contributed by atoms with Gasteiger partial charge >= 0.3 is 0 Å². The highest BCUT2D eigenvalue weighted by Crippen LogP contribution is 2.36. The molecule has 0 bridgehead atoms. The molecular weight excluding hydrogens is 420 g/mol. The predicted molar refractivity (Wildman–Crippen MR) is 126 cm³/mol. The Morgan fingerprint density at radius 1 is 1.03 bits per heavy atom. The fraction of sp³-hybridized carbons (Fsp3) is 0.360. The number of hydrogen-bond donors (Lipinski definition) is 0. The highest BCUT2D eigenvalue weighted by atomic mass is 16.5. The summed E-state index contributed by atoms with van der Waals surface area (Å²) in [5.74, 6) is 2.50. The average Bonchev–Trinajstić information content (AvgIpc) is 3.22. The molecule has 5 rings (SSSR count). The van der Waals surface area contributed by atoms with Crippen molar-refractivity contribution in [2.75, 3.05) is 46.6 Å². The highest BCUT2D eigenvalue weighted by Gasteiger charge is 2.14. The van der Waals surface area contributed by atoms with Crippen molar-refractivity contribution < 1.29 is 18.9 Å². The van der Waals surface area contributed by atoms with E-state index in [9.17, 15) is 0 Å². The van der Waals surface area contributed by atoms with Gasteiger partial charge in [-0.05, 0) is 36.8 Å². The van der Waals surface area contributed by atoms with Gasteiger partial charge in [-0.3, -0.25) is 4.90 Å². The largest absolute Gasteiger partial charge is 0.493 e. The summed E-state index contributed by atoms with van der Waals surface area (Å²) >= 11 is 0. The Morgan fingerprint density at radius 3 is 2.76 bits per heavy atom. The number of methoxy groups -OCH3 is 1. The van der Waals surface area contributed by atoms with E-state index in [1.165, 1.54) is 6.33 Å². The van der Waals surface area contributed by atoms with Gasteiger partial charge in [0.15, 0.2) is 11.5 Å². The molecule has 2 aromatic carbocycles. The van der Waals surface area contributed by atoms with Gasteiger partial charge in [0.25, 0.3) is 0 Å². The minimum Gasteiger partial charge on any atom is -0.493 e. The smallest absolute Gasteiger partial charge is 0.230 e. The number of morpholine rings is 1. The third-order valence-corrected chi connectivity index (χ3v) is 5.94. The molecule has 1 fully saturated rings. The topological polar surface area (TPSA) is 70.9 Å². The number of ether oxygens (including phenoxy) is 4. The molecule has 0 amide bonds. The first-order valence-electron chi connectivity index (χ1n) is 11.2. The summed E-state index contributed by atoms with van der Waals surface area (Å²) in [4.78, 5) is 11.2. The molecule has 0 spiro atoms. The number of fused-ring (bicyclic) bond motifs is 2. The summed E-state index contributed by atoms with van der Waals surface area (Å²) in [7, 11) is 3.66. The maximum atomic E-state index is 6.14. The first-order chi connectivity index (χ1) is 16.2. The molecule has 0 radical (unpaired) electrons. The normalized spacial score (nSPS) is 14.6. The van der Waals surface area contributed by atoms with Crippen molar-refractivity contribution in [2.24, 2.45) is 7.05 Å². The number of hydrogen-bond acceptors (Lipinski definition) is 7. The predicted octanol–water partition coefficient (Wildman–Crippen LogP) is 4.02. The molecule has 0 atom stereocenters. The van der Waals surface area contributed by atoms with Gasteiger partial charge in [-0.25, -0.2) is 9.97 Å². The highest BCUT2D eigenvalue weighted by molar-refractivity contribution is 5.87. The van der Waals surface area contributed by atoms with Crippen LogP contribution in [0.15, 0.2) is 48.9 Å². The van der Waals surface area contributed by atoms with Gasteiger partial charge in [0.05, 0.1) is 37.8 Å². The molecule has 0 saturated carbocycles. The molecule has 4 aromatic rings. The molecule has 2 aromatic heterocycles. The first-order valence-corrected chi connectivity index (χ1v) is 11.2. The molecule has 8 heteroatoms. The lowest BCUT2D eigenvalue weighted by molar-refractivity contribution is 0.0357. The van der Waals surface area contributed by atoms with E-state index >= 15 is 0 Å². The monoisotopic (exact) mass is 448 g/mol. The Balaban J connectivity index is 1.32. The fourth-order valence-corrected chi connectivity index (χ4v) is 4.12. The van der Waals surface area contributed by atoms with Crippen molar-refractivity contribution in [3.05, 3.63) is 48.9 Å². The lowest BCUT2D eigenvalue weighted by atomic mass is 10.2. The van der Waals surface area contributed by atoms with Gasteiger partial charge in [-0.1, -0.05) is 0 Å². The standard InChI is InChI=1S/C25H28N4O4/c1-28-8-6-18-14-19(4-5-22(18)28)33-25-20-15-23(30-2)24(16-21(20)26-17-27-25)32-11-3-7-29-9-12-31-13-10-29/h4-6,8,14-17H,3,7,9-13H2,1-2H3. The molecular formula is C25H28N4O4. The van der Waals surface area contributed by atoms with Gasteiger partial charge in [-0.15, -0.1) is 0 Å². The Kier molecular flexibility index (Phi) is 6.28. The molecule has 0 aliphatic carbocycles. The lowest BCUT2D eigenvalue weighted by Gasteiger charge is -2.26. The first kappa shape index (κ1) is 21.5. The summed E-state index contributed by atoms with van der Waals surface area (Å²) in [6.07, 6.45) is 4.47. The average molecular weight is 449 g/mol. The van der Waals surface area contributed by atoms with Gasteiger partial charge in [0.2, 0.25) is 5.88 Å². The number of rotatable bonds is 8. The van der Waals surface area contributed by atoms with Crippen LogP contribution in [0.1, 0.15) is 6.42 Å². The van der Waals surface area contributed by atoms with E-state index in [0.29, 0.717) is 24.0 Å². The fourth-order valence-electron chi connectivity index (χ4n) is 4.12. The Labute approximate surface area is 192 Å². The quantitative estimate of drug-likeness (QED) is 0.377. The van der Waals surface area contributed by atoms with Gasteiger partial charge in [0, 0.05) is 49.8 Å². The van der Waals surface area contributed by atoms with Crippen molar-refractivity contribution in [1.82, 2.24) is 19.4 Å². The Hall–Kier alpha value is -3.36. The van der Waals surface area contributed by atoms with E-state index in [1.54, 1.807) is 7.11 Å². The Bertz CT molecular complexity index is 1250. The second-order valence-corrected chi connectivity index (χ2v) is 8.10. The van der Waals surface area contributed by atoms with E-state index in [-0.39, 0.29) is 0 Å². The molecule has 1 aliphatic rings. The van der Waals surface area contributed by atoms with Gasteiger partial charge < -0.3 is 23.5 Å². The third kappa shape index (κ3) is 4.72. The van der Waals surface area contributed by atoms with Gasteiger partial charge in [-0.2, -0.15) is 0 Å². The van der Waals surface area contributed by atoms with Crippen LogP contribution >= 0.6 is 0 Å². The van der Waals surface area contributed by atoms with E-state index in [4.69, 9.17) is 18.9 Å². The molecule has 1 saturated heterocycles. The SMILES string of the molecule is COc1cc2c(Oc3ccc4c(ccn4C)c3)ncnc2cc1OCCCN1CCOCC1. The lowest BCUT2D eigenvalue weighted by Crippen LogP contribution is -2.37. The zero-order valence-electron chi connectivity index (χ0n) is 19.0. The maximum Gasteiger partial charge on any atom is 0.230 e. The minimum atomic E-state index is 0.479. The van der Waals surface area contributed by atoms with Crippen molar-refractivity contribution in [3.8, 4) is 23.1 Å². The molecule has 172 valence electrons. The van der Waals surface area contributed by atoms with Crippen LogP contribution in [-0.4, -0.2) is 66.0 Å². The molecule has 8 nitrogen and oxygen atoms in total. The second-order valence-electron chi connectivity index (χ2n) is 8.10. The van der Waals surface area contributed by atoms with Crippen LogP contribution in [0.2, 0.25) is 0 Å². The molecule has 0 unspecified atom stereocenters. The zero-order valence-corrected chi connectivity index (χ0v) is 19.0.